The predicted molar refractivity (Wildman–Crippen MR) is 153 cm³/mol. The lowest BCUT2D eigenvalue weighted by atomic mass is 9.95. The van der Waals surface area contributed by atoms with E-state index < -0.39 is 6.04 Å². The number of thioether (sulfide) groups is 1. The first kappa shape index (κ1) is 28.0. The third-order valence-electron chi connectivity index (χ3n) is 6.17. The van der Waals surface area contributed by atoms with Gasteiger partial charge in [0, 0.05) is 16.5 Å². The Labute approximate surface area is 234 Å². The third-order valence-corrected chi connectivity index (χ3v) is 7.43. The second-order valence-corrected chi connectivity index (χ2v) is 10.9. The van der Waals surface area contributed by atoms with Gasteiger partial charge in [-0.3, -0.25) is 0 Å². The van der Waals surface area contributed by atoms with Crippen LogP contribution in [0.5, 0.6) is 5.75 Å². The Hall–Kier alpha value is -2.97. The highest BCUT2D eigenvalue weighted by molar-refractivity contribution is 7.98. The number of rotatable bonds is 12. The minimum Gasteiger partial charge on any atom is -0.494 e. The maximum absolute atomic E-state index is 13.2. The molecule has 0 bridgehead atoms. The van der Waals surface area contributed by atoms with E-state index in [2.05, 4.69) is 12.2 Å². The lowest BCUT2D eigenvalue weighted by molar-refractivity contribution is -0.143. The highest BCUT2D eigenvalue weighted by Gasteiger charge is 2.35. The van der Waals surface area contributed by atoms with Gasteiger partial charge in [0.15, 0.2) is 0 Å². The molecule has 0 amide bonds. The summed E-state index contributed by atoms with van der Waals surface area (Å²) in [5.41, 5.74) is 3.11. The van der Waals surface area contributed by atoms with Crippen molar-refractivity contribution < 1.29 is 14.3 Å². The summed E-state index contributed by atoms with van der Waals surface area (Å²) in [7, 11) is 0. The molecule has 1 aliphatic rings. The third kappa shape index (κ3) is 6.91. The second kappa shape index (κ2) is 13.2. The number of aromatic nitrogens is 3. The number of anilines is 1. The number of carbonyl (C=O) groups is 1. The SMILES string of the molecule is CCCCCCOc1ccc(C2C(C(=O)OC(C)C)=C(C)Nc3nc(SCc4ccccc4Cl)nn32)cc1. The first-order valence-electron chi connectivity index (χ1n) is 13.1. The standard InChI is InChI=1S/C29H35ClN4O3S/c1-5-6-7-10-17-36-23-15-13-21(14-16-23)26-25(27(35)37-19(2)3)20(4)31-28-32-29(33-34(26)28)38-18-22-11-8-9-12-24(22)30/h8-9,11-16,19,26H,5-7,10,17-18H2,1-4H3,(H,31,32,33). The average molecular weight is 555 g/mol. The highest BCUT2D eigenvalue weighted by atomic mass is 35.5. The number of nitrogens with one attached hydrogen (secondary N) is 1. The molecule has 0 spiro atoms. The number of hydrogen-bond acceptors (Lipinski definition) is 7. The summed E-state index contributed by atoms with van der Waals surface area (Å²) in [6.07, 6.45) is 4.38. The summed E-state index contributed by atoms with van der Waals surface area (Å²) in [4.78, 5) is 17.9. The molecule has 0 fully saturated rings. The minimum atomic E-state index is -0.488. The van der Waals surface area contributed by atoms with E-state index in [1.165, 1.54) is 31.0 Å². The molecule has 0 saturated heterocycles. The van der Waals surface area contributed by atoms with Crippen LogP contribution in [0.3, 0.4) is 0 Å². The van der Waals surface area contributed by atoms with E-state index in [1.807, 2.05) is 69.3 Å². The van der Waals surface area contributed by atoms with E-state index in [-0.39, 0.29) is 12.1 Å². The number of unbranched alkanes of at least 4 members (excludes halogenated alkanes) is 3. The molecule has 1 aliphatic heterocycles. The van der Waals surface area contributed by atoms with Crippen LogP contribution in [-0.2, 0) is 15.3 Å². The van der Waals surface area contributed by atoms with Gasteiger partial charge in [0.05, 0.1) is 18.3 Å². The first-order valence-corrected chi connectivity index (χ1v) is 14.5. The molecule has 1 unspecified atom stereocenters. The molecule has 4 rings (SSSR count). The number of carbonyl (C=O) groups excluding carboxylic acids is 1. The summed E-state index contributed by atoms with van der Waals surface area (Å²) < 4.78 is 13.3. The molecule has 7 nitrogen and oxygen atoms in total. The Kier molecular flexibility index (Phi) is 9.74. The molecule has 1 aromatic heterocycles. The fraction of sp³-hybridized carbons (Fsp3) is 0.414. The van der Waals surface area contributed by atoms with Crippen molar-refractivity contribution >= 4 is 35.3 Å². The summed E-state index contributed by atoms with van der Waals surface area (Å²) in [5, 5.41) is 9.35. The van der Waals surface area contributed by atoms with Crippen LogP contribution in [-0.4, -0.2) is 33.4 Å². The van der Waals surface area contributed by atoms with Crippen molar-refractivity contribution in [2.75, 3.05) is 11.9 Å². The number of halogens is 1. The smallest absolute Gasteiger partial charge is 0.338 e. The molecule has 2 aromatic carbocycles. The Morgan fingerprint density at radius 2 is 1.89 bits per heavy atom. The first-order chi connectivity index (χ1) is 18.4. The fourth-order valence-electron chi connectivity index (χ4n) is 4.27. The molecule has 0 aliphatic carbocycles. The normalized spacial score (nSPS) is 14.8. The van der Waals surface area contributed by atoms with Crippen molar-refractivity contribution in [3.63, 3.8) is 0 Å². The number of esters is 1. The fourth-order valence-corrected chi connectivity index (χ4v) is 5.38. The number of nitrogens with zero attached hydrogens (tertiary/aromatic N) is 3. The van der Waals surface area contributed by atoms with Gasteiger partial charge < -0.3 is 14.8 Å². The van der Waals surface area contributed by atoms with E-state index in [4.69, 9.17) is 31.2 Å². The number of allylic oxidation sites excluding steroid dienone is 1. The van der Waals surface area contributed by atoms with Gasteiger partial charge in [-0.05, 0) is 56.5 Å². The lowest BCUT2D eigenvalue weighted by Gasteiger charge is -2.28. The molecular formula is C29H35ClN4O3S. The van der Waals surface area contributed by atoms with Crippen LogP contribution >= 0.6 is 23.4 Å². The summed E-state index contributed by atoms with van der Waals surface area (Å²) in [6.45, 7) is 8.44. The molecular weight excluding hydrogens is 520 g/mol. The summed E-state index contributed by atoms with van der Waals surface area (Å²) in [6, 6.07) is 15.1. The molecule has 0 radical (unpaired) electrons. The largest absolute Gasteiger partial charge is 0.494 e. The van der Waals surface area contributed by atoms with Crippen LogP contribution in [0.1, 0.15) is 70.5 Å². The van der Waals surface area contributed by atoms with Gasteiger partial charge >= 0.3 is 5.97 Å². The zero-order valence-electron chi connectivity index (χ0n) is 22.4. The second-order valence-electron chi connectivity index (χ2n) is 9.54. The van der Waals surface area contributed by atoms with Gasteiger partial charge in [0.1, 0.15) is 11.8 Å². The highest BCUT2D eigenvalue weighted by Crippen LogP contribution is 2.38. The summed E-state index contributed by atoms with van der Waals surface area (Å²) >= 11 is 7.83. The number of fused-ring (bicyclic) bond motifs is 1. The van der Waals surface area contributed by atoms with Gasteiger partial charge in [-0.25, -0.2) is 9.48 Å². The maximum Gasteiger partial charge on any atom is 0.338 e. The summed E-state index contributed by atoms with van der Waals surface area (Å²) in [5.74, 6) is 1.64. The van der Waals surface area contributed by atoms with E-state index in [9.17, 15) is 4.79 Å². The molecule has 1 atom stereocenters. The van der Waals surface area contributed by atoms with Gasteiger partial charge in [0.2, 0.25) is 11.1 Å². The van der Waals surface area contributed by atoms with Gasteiger partial charge in [-0.1, -0.05) is 79.9 Å². The Bertz CT molecular complexity index is 1270. The maximum atomic E-state index is 13.2. The van der Waals surface area contributed by atoms with Gasteiger partial charge in [0.25, 0.3) is 0 Å². The van der Waals surface area contributed by atoms with Crippen molar-refractivity contribution in [1.82, 2.24) is 14.8 Å². The zero-order chi connectivity index (χ0) is 27.1. The molecule has 2 heterocycles. The molecule has 3 aromatic rings. The number of benzene rings is 2. The number of hydrogen-bond donors (Lipinski definition) is 1. The van der Waals surface area contributed by atoms with Crippen molar-refractivity contribution in [2.24, 2.45) is 0 Å². The van der Waals surface area contributed by atoms with Crippen molar-refractivity contribution in [3.8, 4) is 5.75 Å². The van der Waals surface area contributed by atoms with Gasteiger partial charge in [-0.2, -0.15) is 4.98 Å². The zero-order valence-corrected chi connectivity index (χ0v) is 23.9. The minimum absolute atomic E-state index is 0.245. The molecule has 1 N–H and O–H groups in total. The van der Waals surface area contributed by atoms with Crippen LogP contribution < -0.4 is 10.1 Å². The van der Waals surface area contributed by atoms with E-state index >= 15 is 0 Å². The Morgan fingerprint density at radius 3 is 2.61 bits per heavy atom. The Balaban J connectivity index is 1.59. The molecule has 9 heteroatoms. The van der Waals surface area contributed by atoms with E-state index in [0.29, 0.717) is 39.8 Å². The number of ether oxygens (including phenoxy) is 2. The molecule has 202 valence electrons. The topological polar surface area (TPSA) is 78.3 Å². The molecule has 0 saturated carbocycles. The van der Waals surface area contributed by atoms with Crippen LogP contribution in [0.25, 0.3) is 0 Å². The Morgan fingerprint density at radius 1 is 1.13 bits per heavy atom. The van der Waals surface area contributed by atoms with Crippen molar-refractivity contribution in [1.29, 1.82) is 0 Å². The van der Waals surface area contributed by atoms with Gasteiger partial charge in [-0.15, -0.1) is 5.10 Å². The van der Waals surface area contributed by atoms with Crippen LogP contribution in [0, 0.1) is 0 Å². The lowest BCUT2D eigenvalue weighted by Crippen LogP contribution is -2.30. The van der Waals surface area contributed by atoms with E-state index in [0.717, 1.165) is 23.3 Å². The molecule has 38 heavy (non-hydrogen) atoms. The van der Waals surface area contributed by atoms with Crippen LogP contribution in [0.15, 0.2) is 65.0 Å². The monoisotopic (exact) mass is 554 g/mol. The predicted octanol–water partition coefficient (Wildman–Crippen LogP) is 7.42. The van der Waals surface area contributed by atoms with Crippen LogP contribution in [0.2, 0.25) is 5.02 Å². The van der Waals surface area contributed by atoms with E-state index in [1.54, 1.807) is 4.68 Å². The quantitative estimate of drug-likeness (QED) is 0.142. The van der Waals surface area contributed by atoms with Crippen LogP contribution in [0.4, 0.5) is 5.95 Å². The van der Waals surface area contributed by atoms with Crippen molar-refractivity contribution in [3.05, 3.63) is 76.0 Å². The average Bonchev–Trinajstić information content (AvgIpc) is 3.29. The van der Waals surface area contributed by atoms with Crippen molar-refractivity contribution in [2.45, 2.75) is 76.4 Å².